The Labute approximate surface area is 110 Å². The Kier molecular flexibility index (Phi) is 4.05. The predicted octanol–water partition coefficient (Wildman–Crippen LogP) is 3.67. The fourth-order valence-electron chi connectivity index (χ4n) is 2.82. The molecule has 18 heavy (non-hydrogen) atoms. The normalized spacial score (nSPS) is 17.7. The lowest BCUT2D eigenvalue weighted by molar-refractivity contribution is -0.125. The molecule has 2 heteroatoms. The van der Waals surface area contributed by atoms with E-state index >= 15 is 0 Å². The standard InChI is InChI=1S/C16H23NO/c1-11-8-9-12(2)15(10-11)13(3)17-16(18)14-6-4-5-7-14/h8-10,13-14H,4-7H2,1-3H3,(H,17,18)/t13-/m0/s1. The first-order valence-electron chi connectivity index (χ1n) is 6.95. The molecule has 1 saturated carbocycles. The van der Waals surface area contributed by atoms with E-state index in [1.54, 1.807) is 0 Å². The van der Waals surface area contributed by atoms with Crippen molar-refractivity contribution in [2.24, 2.45) is 5.92 Å². The zero-order chi connectivity index (χ0) is 13.1. The molecule has 2 nitrogen and oxygen atoms in total. The van der Waals surface area contributed by atoms with Crippen LogP contribution in [0.4, 0.5) is 0 Å². The van der Waals surface area contributed by atoms with Gasteiger partial charge in [-0.05, 0) is 44.7 Å². The molecule has 0 aromatic heterocycles. The third-order valence-electron chi connectivity index (χ3n) is 3.99. The predicted molar refractivity (Wildman–Crippen MR) is 74.4 cm³/mol. The van der Waals surface area contributed by atoms with E-state index in [0.717, 1.165) is 12.8 Å². The average molecular weight is 245 g/mol. The smallest absolute Gasteiger partial charge is 0.223 e. The van der Waals surface area contributed by atoms with E-state index in [9.17, 15) is 4.79 Å². The van der Waals surface area contributed by atoms with Crippen LogP contribution in [0.25, 0.3) is 0 Å². The van der Waals surface area contributed by atoms with Gasteiger partial charge in [0, 0.05) is 5.92 Å². The average Bonchev–Trinajstić information content (AvgIpc) is 2.85. The lowest BCUT2D eigenvalue weighted by Gasteiger charge is -2.19. The van der Waals surface area contributed by atoms with Crippen LogP contribution in [0.5, 0.6) is 0 Å². The van der Waals surface area contributed by atoms with Crippen LogP contribution in [0.1, 0.15) is 55.3 Å². The Balaban J connectivity index is 2.04. The molecule has 2 rings (SSSR count). The highest BCUT2D eigenvalue weighted by atomic mass is 16.1. The fraction of sp³-hybridized carbons (Fsp3) is 0.562. The summed E-state index contributed by atoms with van der Waals surface area (Å²) in [4.78, 5) is 12.1. The maximum Gasteiger partial charge on any atom is 0.223 e. The van der Waals surface area contributed by atoms with Crippen LogP contribution in [0.3, 0.4) is 0 Å². The van der Waals surface area contributed by atoms with Crippen LogP contribution < -0.4 is 5.32 Å². The lowest BCUT2D eigenvalue weighted by atomic mass is 9.99. The van der Waals surface area contributed by atoms with E-state index in [1.807, 2.05) is 0 Å². The van der Waals surface area contributed by atoms with E-state index in [0.29, 0.717) is 0 Å². The van der Waals surface area contributed by atoms with Crippen molar-refractivity contribution in [1.82, 2.24) is 5.32 Å². The number of nitrogens with one attached hydrogen (secondary N) is 1. The highest BCUT2D eigenvalue weighted by Crippen LogP contribution is 2.26. The number of amides is 1. The van der Waals surface area contributed by atoms with Crippen LogP contribution in [0.15, 0.2) is 18.2 Å². The summed E-state index contributed by atoms with van der Waals surface area (Å²) in [6, 6.07) is 6.53. The molecular formula is C16H23NO. The minimum Gasteiger partial charge on any atom is -0.349 e. The van der Waals surface area contributed by atoms with Gasteiger partial charge < -0.3 is 5.32 Å². The Morgan fingerprint density at radius 2 is 1.94 bits per heavy atom. The van der Waals surface area contributed by atoms with Crippen molar-refractivity contribution < 1.29 is 4.79 Å². The molecule has 1 aliphatic carbocycles. The molecule has 1 aliphatic rings. The zero-order valence-electron chi connectivity index (χ0n) is 11.6. The third kappa shape index (κ3) is 2.92. The Morgan fingerprint density at radius 1 is 1.28 bits per heavy atom. The molecule has 1 atom stereocenters. The second-order valence-corrected chi connectivity index (χ2v) is 5.57. The zero-order valence-corrected chi connectivity index (χ0v) is 11.6. The van der Waals surface area contributed by atoms with Gasteiger partial charge in [0.15, 0.2) is 0 Å². The van der Waals surface area contributed by atoms with Gasteiger partial charge in [0.1, 0.15) is 0 Å². The van der Waals surface area contributed by atoms with Crippen molar-refractivity contribution in [1.29, 1.82) is 0 Å². The summed E-state index contributed by atoms with van der Waals surface area (Å²) in [7, 11) is 0. The van der Waals surface area contributed by atoms with Gasteiger partial charge in [-0.15, -0.1) is 0 Å². The molecule has 0 heterocycles. The van der Waals surface area contributed by atoms with Crippen molar-refractivity contribution >= 4 is 5.91 Å². The molecule has 1 amide bonds. The summed E-state index contributed by atoms with van der Waals surface area (Å²) in [6.45, 7) is 6.27. The lowest BCUT2D eigenvalue weighted by Crippen LogP contribution is -2.32. The van der Waals surface area contributed by atoms with Gasteiger partial charge in [0.05, 0.1) is 6.04 Å². The number of benzene rings is 1. The van der Waals surface area contributed by atoms with Crippen LogP contribution in [0, 0.1) is 19.8 Å². The highest BCUT2D eigenvalue weighted by Gasteiger charge is 2.24. The van der Waals surface area contributed by atoms with Gasteiger partial charge in [0.25, 0.3) is 0 Å². The molecule has 98 valence electrons. The summed E-state index contributed by atoms with van der Waals surface area (Å²) in [5.74, 6) is 0.485. The molecule has 1 aromatic rings. The first-order valence-corrected chi connectivity index (χ1v) is 6.95. The minimum atomic E-state index is 0.109. The van der Waals surface area contributed by atoms with Crippen molar-refractivity contribution in [3.63, 3.8) is 0 Å². The Bertz CT molecular complexity index is 433. The SMILES string of the molecule is Cc1ccc(C)c([C@H](C)NC(=O)C2CCCC2)c1. The molecule has 1 fully saturated rings. The molecule has 0 aliphatic heterocycles. The second-order valence-electron chi connectivity index (χ2n) is 5.57. The number of carbonyl (C=O) groups excluding carboxylic acids is 1. The summed E-state index contributed by atoms with van der Waals surface area (Å²) in [6.07, 6.45) is 4.53. The second kappa shape index (κ2) is 5.55. The first kappa shape index (κ1) is 13.1. The first-order chi connectivity index (χ1) is 8.58. The van der Waals surface area contributed by atoms with Gasteiger partial charge in [0.2, 0.25) is 5.91 Å². The van der Waals surface area contributed by atoms with Crippen molar-refractivity contribution in [2.75, 3.05) is 0 Å². The maximum atomic E-state index is 12.1. The quantitative estimate of drug-likeness (QED) is 0.865. The molecule has 0 spiro atoms. The molecule has 0 radical (unpaired) electrons. The highest BCUT2D eigenvalue weighted by molar-refractivity contribution is 5.79. The van der Waals surface area contributed by atoms with Crippen LogP contribution in [-0.2, 0) is 4.79 Å². The number of hydrogen-bond acceptors (Lipinski definition) is 1. The van der Waals surface area contributed by atoms with E-state index in [2.05, 4.69) is 44.3 Å². The monoisotopic (exact) mass is 245 g/mol. The number of carbonyl (C=O) groups is 1. The number of rotatable bonds is 3. The van der Waals surface area contributed by atoms with E-state index < -0.39 is 0 Å². The Hall–Kier alpha value is -1.31. The van der Waals surface area contributed by atoms with Gasteiger partial charge in [-0.1, -0.05) is 36.6 Å². The van der Waals surface area contributed by atoms with Crippen LogP contribution in [0.2, 0.25) is 0 Å². The van der Waals surface area contributed by atoms with Gasteiger partial charge in [-0.25, -0.2) is 0 Å². The van der Waals surface area contributed by atoms with Crippen molar-refractivity contribution in [3.8, 4) is 0 Å². The molecular weight excluding hydrogens is 222 g/mol. The van der Waals surface area contributed by atoms with Gasteiger partial charge in [-0.3, -0.25) is 4.79 Å². The molecule has 0 unspecified atom stereocenters. The van der Waals surface area contributed by atoms with E-state index in [1.165, 1.54) is 29.5 Å². The van der Waals surface area contributed by atoms with Crippen molar-refractivity contribution in [3.05, 3.63) is 34.9 Å². The Morgan fingerprint density at radius 3 is 2.61 bits per heavy atom. The summed E-state index contributed by atoms with van der Waals surface area (Å²) in [5.41, 5.74) is 3.73. The summed E-state index contributed by atoms with van der Waals surface area (Å²) in [5, 5.41) is 3.17. The van der Waals surface area contributed by atoms with Gasteiger partial charge >= 0.3 is 0 Å². The van der Waals surface area contributed by atoms with Crippen LogP contribution >= 0.6 is 0 Å². The van der Waals surface area contributed by atoms with E-state index in [4.69, 9.17) is 0 Å². The molecule has 1 N–H and O–H groups in total. The molecule has 0 bridgehead atoms. The largest absolute Gasteiger partial charge is 0.349 e. The number of aryl methyl sites for hydroxylation is 2. The molecule has 1 aromatic carbocycles. The van der Waals surface area contributed by atoms with E-state index in [-0.39, 0.29) is 17.9 Å². The fourth-order valence-corrected chi connectivity index (χ4v) is 2.82. The number of hydrogen-bond donors (Lipinski definition) is 1. The van der Waals surface area contributed by atoms with Crippen LogP contribution in [-0.4, -0.2) is 5.91 Å². The minimum absolute atomic E-state index is 0.109. The topological polar surface area (TPSA) is 29.1 Å². The third-order valence-corrected chi connectivity index (χ3v) is 3.99. The summed E-state index contributed by atoms with van der Waals surface area (Å²) < 4.78 is 0. The van der Waals surface area contributed by atoms with Crippen molar-refractivity contribution in [2.45, 2.75) is 52.5 Å². The summed E-state index contributed by atoms with van der Waals surface area (Å²) >= 11 is 0. The van der Waals surface area contributed by atoms with Gasteiger partial charge in [-0.2, -0.15) is 0 Å². The molecule has 0 saturated heterocycles. The maximum absolute atomic E-state index is 12.1.